The predicted molar refractivity (Wildman–Crippen MR) is 59.5 cm³/mol. The van der Waals surface area contributed by atoms with Crippen molar-refractivity contribution < 1.29 is 9.90 Å². The summed E-state index contributed by atoms with van der Waals surface area (Å²) in [5, 5.41) is 12.3. The van der Waals surface area contributed by atoms with Crippen LogP contribution in [0, 0.1) is 5.92 Å². The first-order chi connectivity index (χ1) is 7.06. The van der Waals surface area contributed by atoms with Crippen LogP contribution >= 0.6 is 0 Å². The van der Waals surface area contributed by atoms with Crippen LogP contribution in [0.25, 0.3) is 0 Å². The molecule has 0 spiro atoms. The molecule has 0 aromatic heterocycles. The summed E-state index contributed by atoms with van der Waals surface area (Å²) in [6, 6.07) is -0.0753. The third-order valence-corrected chi connectivity index (χ3v) is 3.22. The van der Waals surface area contributed by atoms with Crippen LogP contribution in [0.4, 0.5) is 0 Å². The molecule has 1 fully saturated rings. The zero-order chi connectivity index (χ0) is 11.4. The van der Waals surface area contributed by atoms with Crippen molar-refractivity contribution in [3.63, 3.8) is 0 Å². The summed E-state index contributed by atoms with van der Waals surface area (Å²) in [5.41, 5.74) is 0. The highest BCUT2D eigenvalue weighted by molar-refractivity contribution is 5.81. The van der Waals surface area contributed by atoms with Crippen LogP contribution < -0.4 is 5.32 Å². The van der Waals surface area contributed by atoms with Gasteiger partial charge < -0.3 is 10.4 Å². The molecule has 3 atom stereocenters. The van der Waals surface area contributed by atoms with E-state index in [4.69, 9.17) is 0 Å². The molecule has 1 amide bonds. The van der Waals surface area contributed by atoms with Crippen LogP contribution in [0.1, 0.15) is 27.2 Å². The number of rotatable bonds is 4. The van der Waals surface area contributed by atoms with Gasteiger partial charge in [-0.1, -0.05) is 0 Å². The molecule has 1 heterocycles. The van der Waals surface area contributed by atoms with Gasteiger partial charge in [0.05, 0.1) is 12.1 Å². The Bertz CT molecular complexity index is 219. The van der Waals surface area contributed by atoms with Crippen molar-refractivity contribution in [1.29, 1.82) is 0 Å². The Labute approximate surface area is 91.6 Å². The van der Waals surface area contributed by atoms with Gasteiger partial charge >= 0.3 is 0 Å². The molecule has 88 valence electrons. The van der Waals surface area contributed by atoms with Gasteiger partial charge in [0.25, 0.3) is 0 Å². The number of aliphatic hydroxyl groups is 1. The summed E-state index contributed by atoms with van der Waals surface area (Å²) >= 11 is 0. The van der Waals surface area contributed by atoms with Crippen molar-refractivity contribution in [2.24, 2.45) is 5.92 Å². The Balaban J connectivity index is 2.42. The zero-order valence-electron chi connectivity index (χ0n) is 9.86. The number of likely N-dealkylation sites (N-methyl/N-ethyl adjacent to an activating group) is 1. The Morgan fingerprint density at radius 1 is 1.60 bits per heavy atom. The second-order valence-electron chi connectivity index (χ2n) is 4.35. The molecule has 1 aliphatic heterocycles. The highest BCUT2D eigenvalue weighted by Gasteiger charge is 2.31. The van der Waals surface area contributed by atoms with Crippen LogP contribution in [0.5, 0.6) is 0 Å². The van der Waals surface area contributed by atoms with Crippen LogP contribution in [0.3, 0.4) is 0 Å². The number of hydrogen-bond donors (Lipinski definition) is 2. The van der Waals surface area contributed by atoms with Crippen molar-refractivity contribution in [1.82, 2.24) is 10.2 Å². The summed E-state index contributed by atoms with van der Waals surface area (Å²) in [6.45, 7) is 8.09. The fraction of sp³-hybridized carbons (Fsp3) is 0.909. The number of carbonyl (C=O) groups is 1. The summed E-state index contributed by atoms with van der Waals surface area (Å²) in [4.78, 5) is 13.7. The van der Waals surface area contributed by atoms with Crippen molar-refractivity contribution in [2.75, 3.05) is 19.6 Å². The molecule has 0 aromatic rings. The number of amides is 1. The fourth-order valence-corrected chi connectivity index (χ4v) is 2.05. The standard InChI is InChI=1S/C11H22N2O2/c1-4-12-11(15)8(2)13-6-5-10(7-13)9(3)14/h8-10,14H,4-7H2,1-3H3,(H,12,15). The van der Waals surface area contributed by atoms with Gasteiger partial charge in [-0.3, -0.25) is 9.69 Å². The van der Waals surface area contributed by atoms with E-state index in [2.05, 4.69) is 10.2 Å². The zero-order valence-corrected chi connectivity index (χ0v) is 9.86. The van der Waals surface area contributed by atoms with Gasteiger partial charge in [-0.05, 0) is 39.7 Å². The van der Waals surface area contributed by atoms with Crippen LogP contribution in [-0.4, -0.2) is 47.7 Å². The number of hydrogen-bond acceptors (Lipinski definition) is 3. The Hall–Kier alpha value is -0.610. The van der Waals surface area contributed by atoms with Gasteiger partial charge in [0.1, 0.15) is 0 Å². The first-order valence-electron chi connectivity index (χ1n) is 5.76. The molecule has 2 N–H and O–H groups in total. The maximum absolute atomic E-state index is 11.6. The SMILES string of the molecule is CCNC(=O)C(C)N1CCC(C(C)O)C1. The molecule has 1 saturated heterocycles. The monoisotopic (exact) mass is 214 g/mol. The lowest BCUT2D eigenvalue weighted by Crippen LogP contribution is -2.44. The average Bonchev–Trinajstić information content (AvgIpc) is 2.65. The van der Waals surface area contributed by atoms with Gasteiger partial charge in [0.15, 0.2) is 0 Å². The Morgan fingerprint density at radius 3 is 2.73 bits per heavy atom. The highest BCUT2D eigenvalue weighted by atomic mass is 16.3. The number of likely N-dealkylation sites (tertiary alicyclic amines) is 1. The lowest BCUT2D eigenvalue weighted by atomic mass is 10.0. The molecular formula is C11H22N2O2. The number of nitrogens with zero attached hydrogens (tertiary/aromatic N) is 1. The van der Waals surface area contributed by atoms with E-state index in [0.717, 1.165) is 19.5 Å². The third kappa shape index (κ3) is 3.18. The van der Waals surface area contributed by atoms with E-state index in [0.29, 0.717) is 12.5 Å². The maximum Gasteiger partial charge on any atom is 0.237 e. The van der Waals surface area contributed by atoms with Gasteiger partial charge in [0, 0.05) is 13.1 Å². The van der Waals surface area contributed by atoms with Crippen molar-refractivity contribution in [2.45, 2.75) is 39.3 Å². The minimum absolute atomic E-state index is 0.0753. The Morgan fingerprint density at radius 2 is 2.27 bits per heavy atom. The quantitative estimate of drug-likeness (QED) is 0.703. The second-order valence-corrected chi connectivity index (χ2v) is 4.35. The maximum atomic E-state index is 11.6. The van der Waals surface area contributed by atoms with Crippen molar-refractivity contribution >= 4 is 5.91 Å². The van der Waals surface area contributed by atoms with E-state index >= 15 is 0 Å². The van der Waals surface area contributed by atoms with E-state index in [9.17, 15) is 9.90 Å². The highest BCUT2D eigenvalue weighted by Crippen LogP contribution is 2.21. The normalized spacial score (nSPS) is 26.3. The van der Waals surface area contributed by atoms with Gasteiger partial charge in [0.2, 0.25) is 5.91 Å². The molecule has 0 aromatic carbocycles. The van der Waals surface area contributed by atoms with E-state index < -0.39 is 0 Å². The fourth-order valence-electron chi connectivity index (χ4n) is 2.05. The molecule has 1 aliphatic rings. The molecule has 0 bridgehead atoms. The van der Waals surface area contributed by atoms with E-state index in [1.165, 1.54) is 0 Å². The largest absolute Gasteiger partial charge is 0.393 e. The molecule has 1 rings (SSSR count). The van der Waals surface area contributed by atoms with Gasteiger partial charge in [-0.15, -0.1) is 0 Å². The van der Waals surface area contributed by atoms with E-state index in [1.54, 1.807) is 0 Å². The Kier molecular flexibility index (Phi) is 4.54. The molecule has 4 heteroatoms. The molecule has 0 aliphatic carbocycles. The van der Waals surface area contributed by atoms with Gasteiger partial charge in [-0.2, -0.15) is 0 Å². The molecule has 0 saturated carbocycles. The summed E-state index contributed by atoms with van der Waals surface area (Å²) in [7, 11) is 0. The van der Waals surface area contributed by atoms with Crippen LogP contribution in [0.15, 0.2) is 0 Å². The molecule has 4 nitrogen and oxygen atoms in total. The van der Waals surface area contributed by atoms with Crippen LogP contribution in [-0.2, 0) is 4.79 Å². The molecule has 3 unspecified atom stereocenters. The van der Waals surface area contributed by atoms with E-state index in [1.807, 2.05) is 20.8 Å². The van der Waals surface area contributed by atoms with Crippen LogP contribution in [0.2, 0.25) is 0 Å². The average molecular weight is 214 g/mol. The first kappa shape index (κ1) is 12.5. The third-order valence-electron chi connectivity index (χ3n) is 3.22. The number of carbonyl (C=O) groups excluding carboxylic acids is 1. The molecular weight excluding hydrogens is 192 g/mol. The minimum Gasteiger partial charge on any atom is -0.393 e. The molecule has 15 heavy (non-hydrogen) atoms. The van der Waals surface area contributed by atoms with Crippen molar-refractivity contribution in [3.05, 3.63) is 0 Å². The molecule has 0 radical (unpaired) electrons. The summed E-state index contributed by atoms with van der Waals surface area (Å²) in [6.07, 6.45) is 0.720. The smallest absolute Gasteiger partial charge is 0.237 e. The summed E-state index contributed by atoms with van der Waals surface area (Å²) < 4.78 is 0. The number of aliphatic hydroxyl groups excluding tert-OH is 1. The van der Waals surface area contributed by atoms with E-state index in [-0.39, 0.29) is 18.1 Å². The predicted octanol–water partition coefficient (Wildman–Crippen LogP) is 0.214. The van der Waals surface area contributed by atoms with Gasteiger partial charge in [-0.25, -0.2) is 0 Å². The number of nitrogens with one attached hydrogen (secondary N) is 1. The summed E-state index contributed by atoms with van der Waals surface area (Å²) in [5.74, 6) is 0.408. The van der Waals surface area contributed by atoms with Crippen molar-refractivity contribution in [3.8, 4) is 0 Å². The minimum atomic E-state index is -0.267. The first-order valence-corrected chi connectivity index (χ1v) is 5.76. The second kappa shape index (κ2) is 5.47. The lowest BCUT2D eigenvalue weighted by molar-refractivity contribution is -0.125. The topological polar surface area (TPSA) is 52.6 Å². The lowest BCUT2D eigenvalue weighted by Gasteiger charge is -2.23.